The molecule has 0 saturated heterocycles. The molecule has 0 aliphatic carbocycles. The van der Waals surface area contributed by atoms with E-state index in [2.05, 4.69) is 24.1 Å². The SMILES string of the molecule is CCOC(=O)c1ccc(N)c(NC(CN(C)C)C(C)C)c1. The van der Waals surface area contributed by atoms with Crippen LogP contribution >= 0.6 is 0 Å². The summed E-state index contributed by atoms with van der Waals surface area (Å²) in [5.41, 5.74) is 7.94. The van der Waals surface area contributed by atoms with Crippen LogP contribution in [0, 0.1) is 5.92 Å². The molecule has 0 aromatic heterocycles. The number of anilines is 2. The lowest BCUT2D eigenvalue weighted by Gasteiger charge is -2.27. The van der Waals surface area contributed by atoms with E-state index in [0.29, 0.717) is 23.8 Å². The van der Waals surface area contributed by atoms with E-state index in [4.69, 9.17) is 10.5 Å². The van der Waals surface area contributed by atoms with Gasteiger partial charge in [0.1, 0.15) is 0 Å². The van der Waals surface area contributed by atoms with E-state index in [1.165, 1.54) is 0 Å². The predicted octanol–water partition coefficient (Wildman–Crippen LogP) is 2.44. The van der Waals surface area contributed by atoms with E-state index in [0.717, 1.165) is 12.2 Å². The third kappa shape index (κ3) is 5.27. The number of likely N-dealkylation sites (N-methyl/N-ethyl adjacent to an activating group) is 1. The second-order valence-electron chi connectivity index (χ2n) is 5.78. The van der Waals surface area contributed by atoms with Gasteiger partial charge in [-0.25, -0.2) is 4.79 Å². The van der Waals surface area contributed by atoms with Crippen LogP contribution in [0.4, 0.5) is 11.4 Å². The second-order valence-corrected chi connectivity index (χ2v) is 5.78. The molecule has 21 heavy (non-hydrogen) atoms. The maximum Gasteiger partial charge on any atom is 0.338 e. The molecule has 5 nitrogen and oxygen atoms in total. The van der Waals surface area contributed by atoms with Crippen LogP contribution in [-0.2, 0) is 4.74 Å². The molecular formula is C16H27N3O2. The molecule has 0 spiro atoms. The Kier molecular flexibility index (Phi) is 6.49. The molecule has 0 aliphatic rings. The van der Waals surface area contributed by atoms with E-state index < -0.39 is 0 Å². The molecule has 1 rings (SSSR count). The first-order valence-electron chi connectivity index (χ1n) is 7.33. The average Bonchev–Trinajstić information content (AvgIpc) is 2.39. The monoisotopic (exact) mass is 293 g/mol. The molecule has 1 aromatic rings. The van der Waals surface area contributed by atoms with Crippen LogP contribution in [0.15, 0.2) is 18.2 Å². The first-order valence-corrected chi connectivity index (χ1v) is 7.33. The number of nitrogens with one attached hydrogen (secondary N) is 1. The minimum Gasteiger partial charge on any atom is -0.462 e. The Hall–Kier alpha value is -1.75. The van der Waals surface area contributed by atoms with Crippen LogP contribution in [0.25, 0.3) is 0 Å². The molecule has 0 radical (unpaired) electrons. The molecule has 0 bridgehead atoms. The maximum atomic E-state index is 11.8. The lowest BCUT2D eigenvalue weighted by molar-refractivity contribution is 0.0526. The number of esters is 1. The Labute approximate surface area is 127 Å². The average molecular weight is 293 g/mol. The van der Waals surface area contributed by atoms with Crippen LogP contribution in [0.5, 0.6) is 0 Å². The summed E-state index contributed by atoms with van der Waals surface area (Å²) in [6.07, 6.45) is 0. The number of hydrogen-bond acceptors (Lipinski definition) is 5. The summed E-state index contributed by atoms with van der Waals surface area (Å²) >= 11 is 0. The van der Waals surface area contributed by atoms with Gasteiger partial charge >= 0.3 is 5.97 Å². The number of nitrogens with zero attached hydrogens (tertiary/aromatic N) is 1. The zero-order valence-corrected chi connectivity index (χ0v) is 13.6. The predicted molar refractivity (Wildman–Crippen MR) is 87.6 cm³/mol. The van der Waals surface area contributed by atoms with Crippen LogP contribution in [0.1, 0.15) is 31.1 Å². The second kappa shape index (κ2) is 7.88. The molecule has 0 heterocycles. The van der Waals surface area contributed by atoms with Gasteiger partial charge in [-0.3, -0.25) is 0 Å². The fraction of sp³-hybridized carbons (Fsp3) is 0.562. The zero-order chi connectivity index (χ0) is 16.0. The number of nitrogens with two attached hydrogens (primary N) is 1. The normalized spacial score (nSPS) is 12.5. The highest BCUT2D eigenvalue weighted by molar-refractivity contribution is 5.92. The first-order chi connectivity index (χ1) is 9.85. The summed E-state index contributed by atoms with van der Waals surface area (Å²) in [6, 6.07) is 5.44. The fourth-order valence-electron chi connectivity index (χ4n) is 2.04. The highest BCUT2D eigenvalue weighted by Gasteiger charge is 2.16. The van der Waals surface area contributed by atoms with Gasteiger partial charge in [-0.2, -0.15) is 0 Å². The number of carbonyl (C=O) groups is 1. The molecule has 1 atom stereocenters. The van der Waals surface area contributed by atoms with Crippen molar-refractivity contribution >= 4 is 17.3 Å². The van der Waals surface area contributed by atoms with Gasteiger partial charge < -0.3 is 20.7 Å². The first kappa shape index (κ1) is 17.3. The molecule has 0 fully saturated rings. The highest BCUT2D eigenvalue weighted by atomic mass is 16.5. The minimum atomic E-state index is -0.325. The smallest absolute Gasteiger partial charge is 0.338 e. The Morgan fingerprint density at radius 2 is 2.05 bits per heavy atom. The number of hydrogen-bond donors (Lipinski definition) is 2. The van der Waals surface area contributed by atoms with E-state index in [9.17, 15) is 4.79 Å². The third-order valence-electron chi connectivity index (χ3n) is 3.27. The minimum absolute atomic E-state index is 0.250. The van der Waals surface area contributed by atoms with Crippen molar-refractivity contribution in [1.82, 2.24) is 4.90 Å². The number of rotatable bonds is 7. The van der Waals surface area contributed by atoms with Crippen LogP contribution in [0.2, 0.25) is 0 Å². The Bertz CT molecular complexity index is 473. The Morgan fingerprint density at radius 3 is 2.57 bits per heavy atom. The summed E-state index contributed by atoms with van der Waals surface area (Å²) in [5, 5.41) is 3.44. The molecule has 0 amide bonds. The number of carbonyl (C=O) groups excluding carboxylic acids is 1. The van der Waals surface area contributed by atoms with E-state index in [1.807, 2.05) is 14.1 Å². The van der Waals surface area contributed by atoms with Crippen molar-refractivity contribution in [2.45, 2.75) is 26.8 Å². The van der Waals surface area contributed by atoms with Crippen molar-refractivity contribution in [2.24, 2.45) is 5.92 Å². The van der Waals surface area contributed by atoms with Crippen LogP contribution in [0.3, 0.4) is 0 Å². The highest BCUT2D eigenvalue weighted by Crippen LogP contribution is 2.23. The van der Waals surface area contributed by atoms with Crippen molar-refractivity contribution in [1.29, 1.82) is 0 Å². The standard InChI is InChI=1S/C16H27N3O2/c1-6-21-16(20)12-7-8-13(17)14(9-12)18-15(11(2)3)10-19(4)5/h7-9,11,15,18H,6,10,17H2,1-5H3. The van der Waals surface area contributed by atoms with Gasteiger partial charge in [-0.15, -0.1) is 0 Å². The molecule has 118 valence electrons. The van der Waals surface area contributed by atoms with Crippen LogP contribution < -0.4 is 11.1 Å². The summed E-state index contributed by atoms with van der Waals surface area (Å²) in [4.78, 5) is 13.9. The topological polar surface area (TPSA) is 67.6 Å². The van der Waals surface area contributed by atoms with Gasteiger partial charge in [-0.1, -0.05) is 13.8 Å². The van der Waals surface area contributed by atoms with Crippen molar-refractivity contribution in [3.8, 4) is 0 Å². The largest absolute Gasteiger partial charge is 0.462 e. The van der Waals surface area contributed by atoms with E-state index in [1.54, 1.807) is 25.1 Å². The summed E-state index contributed by atoms with van der Waals surface area (Å²) in [5.74, 6) is 0.118. The van der Waals surface area contributed by atoms with Crippen molar-refractivity contribution in [2.75, 3.05) is 38.3 Å². The van der Waals surface area contributed by atoms with Gasteiger partial charge in [0.25, 0.3) is 0 Å². The number of nitrogen functional groups attached to an aromatic ring is 1. The number of ether oxygens (including phenoxy) is 1. The molecule has 0 saturated carbocycles. The van der Waals surface area contributed by atoms with Gasteiger partial charge in [0.2, 0.25) is 0 Å². The van der Waals surface area contributed by atoms with Gasteiger partial charge in [0, 0.05) is 12.6 Å². The lowest BCUT2D eigenvalue weighted by Crippen LogP contribution is -2.36. The van der Waals surface area contributed by atoms with Crippen LogP contribution in [-0.4, -0.2) is 44.2 Å². The summed E-state index contributed by atoms with van der Waals surface area (Å²) < 4.78 is 5.02. The molecular weight excluding hydrogens is 266 g/mol. The molecule has 1 aromatic carbocycles. The molecule has 3 N–H and O–H groups in total. The molecule has 0 aliphatic heterocycles. The van der Waals surface area contributed by atoms with Gasteiger partial charge in [0.15, 0.2) is 0 Å². The molecule has 5 heteroatoms. The van der Waals surface area contributed by atoms with E-state index >= 15 is 0 Å². The van der Waals surface area contributed by atoms with Gasteiger partial charge in [0.05, 0.1) is 23.5 Å². The van der Waals surface area contributed by atoms with Crippen molar-refractivity contribution in [3.05, 3.63) is 23.8 Å². The fourth-order valence-corrected chi connectivity index (χ4v) is 2.04. The summed E-state index contributed by atoms with van der Waals surface area (Å²) in [6.45, 7) is 7.36. The maximum absolute atomic E-state index is 11.8. The third-order valence-corrected chi connectivity index (χ3v) is 3.27. The van der Waals surface area contributed by atoms with Crippen molar-refractivity contribution < 1.29 is 9.53 Å². The summed E-state index contributed by atoms with van der Waals surface area (Å²) in [7, 11) is 4.07. The van der Waals surface area contributed by atoms with Crippen molar-refractivity contribution in [3.63, 3.8) is 0 Å². The Morgan fingerprint density at radius 1 is 1.38 bits per heavy atom. The number of benzene rings is 1. The lowest BCUT2D eigenvalue weighted by atomic mass is 10.0. The Balaban J connectivity index is 2.94. The van der Waals surface area contributed by atoms with E-state index in [-0.39, 0.29) is 12.0 Å². The van der Waals surface area contributed by atoms with Gasteiger partial charge in [-0.05, 0) is 45.1 Å². The quantitative estimate of drug-likeness (QED) is 0.597. The zero-order valence-electron chi connectivity index (χ0n) is 13.6. The molecule has 1 unspecified atom stereocenters.